The molecule has 0 saturated carbocycles. The second-order valence-corrected chi connectivity index (χ2v) is 0.283. The molecular formula is CH3NaO3Sm. The number of rotatable bonds is 0. The van der Waals surface area contributed by atoms with Gasteiger partial charge in [0.05, 0.1) is 0 Å². The Bertz CT molecular complexity index is 33.8. The molecular weight excluding hydrogens is 233 g/mol. The molecule has 0 aliphatic rings. The Labute approximate surface area is 89.5 Å². The monoisotopic (exact) mass is 238 g/mol. The first-order valence-electron chi connectivity index (χ1n) is 0.651. The van der Waals surface area contributed by atoms with E-state index in [4.69, 9.17) is 15.0 Å². The molecule has 0 saturated heterocycles. The SMILES string of the molecule is O=C(O)O.[NaH].[Sm]. The molecule has 32 valence electrons. The van der Waals surface area contributed by atoms with Gasteiger partial charge in [-0.15, -0.1) is 0 Å². The summed E-state index contributed by atoms with van der Waals surface area (Å²) < 4.78 is 0. The second-order valence-electron chi connectivity index (χ2n) is 0.283. The van der Waals surface area contributed by atoms with Gasteiger partial charge >= 0.3 is 35.7 Å². The molecule has 0 aliphatic carbocycles. The molecule has 0 amide bonds. The minimum absolute atomic E-state index is 0. The maximum atomic E-state index is 8.56. The van der Waals surface area contributed by atoms with Crippen molar-refractivity contribution >= 4 is 35.7 Å². The summed E-state index contributed by atoms with van der Waals surface area (Å²) in [7, 11) is 0. The van der Waals surface area contributed by atoms with Crippen LogP contribution in [0.2, 0.25) is 0 Å². The van der Waals surface area contributed by atoms with E-state index in [0.717, 1.165) is 0 Å². The molecule has 0 aromatic rings. The van der Waals surface area contributed by atoms with Gasteiger partial charge in [-0.3, -0.25) is 0 Å². The van der Waals surface area contributed by atoms with Crippen LogP contribution in [0.1, 0.15) is 0 Å². The first-order valence-corrected chi connectivity index (χ1v) is 0.651. The second kappa shape index (κ2) is 9.79. The van der Waals surface area contributed by atoms with Crippen molar-refractivity contribution in [3.63, 3.8) is 0 Å². The minimum atomic E-state index is -1.83. The quantitative estimate of drug-likeness (QED) is 0.561. The van der Waals surface area contributed by atoms with Crippen molar-refractivity contribution < 1.29 is 55.4 Å². The Hall–Kier alpha value is 1.61. The summed E-state index contributed by atoms with van der Waals surface area (Å²) in [6.07, 6.45) is -1.83. The molecule has 0 atom stereocenters. The molecule has 5 heteroatoms. The summed E-state index contributed by atoms with van der Waals surface area (Å²) >= 11 is 0. The van der Waals surface area contributed by atoms with Crippen LogP contribution in [0.3, 0.4) is 0 Å². The van der Waals surface area contributed by atoms with E-state index in [0.29, 0.717) is 0 Å². The first kappa shape index (κ1) is 15.6. The van der Waals surface area contributed by atoms with Crippen molar-refractivity contribution in [1.29, 1.82) is 0 Å². The molecule has 0 fully saturated rings. The molecule has 0 aliphatic heterocycles. The van der Waals surface area contributed by atoms with Gasteiger partial charge in [0, 0.05) is 40.4 Å². The molecule has 0 bridgehead atoms. The van der Waals surface area contributed by atoms with Crippen LogP contribution in [-0.2, 0) is 0 Å². The van der Waals surface area contributed by atoms with Crippen LogP contribution in [0.4, 0.5) is 4.79 Å². The van der Waals surface area contributed by atoms with Crippen LogP contribution < -0.4 is 0 Å². The molecule has 6 heavy (non-hydrogen) atoms. The van der Waals surface area contributed by atoms with E-state index in [1.807, 2.05) is 0 Å². The van der Waals surface area contributed by atoms with E-state index in [2.05, 4.69) is 0 Å². The molecule has 0 spiro atoms. The van der Waals surface area contributed by atoms with E-state index in [1.54, 1.807) is 0 Å². The van der Waals surface area contributed by atoms with Gasteiger partial charge in [-0.1, -0.05) is 0 Å². The normalized spacial score (nSPS) is 4.00. The maximum absolute atomic E-state index is 8.56. The number of hydrogen-bond acceptors (Lipinski definition) is 1. The standard InChI is InChI=1S/CH2O3.Na.Sm.H/c2-1(3)4;;;/h(H2,2,3,4);;;. The first-order chi connectivity index (χ1) is 1.73. The Balaban J connectivity index is -0.0000000450. The van der Waals surface area contributed by atoms with Gasteiger partial charge in [0.15, 0.2) is 0 Å². The summed E-state index contributed by atoms with van der Waals surface area (Å²) in [5.41, 5.74) is 0. The molecule has 0 radical (unpaired) electrons. The fraction of sp³-hybridized carbons (Fsp3) is 0. The Morgan fingerprint density at radius 2 is 1.33 bits per heavy atom. The fourth-order valence-corrected chi connectivity index (χ4v) is 0. The van der Waals surface area contributed by atoms with Gasteiger partial charge in [0.2, 0.25) is 0 Å². The van der Waals surface area contributed by atoms with Crippen molar-refractivity contribution in [2.24, 2.45) is 0 Å². The Kier molecular flexibility index (Phi) is 25.5. The van der Waals surface area contributed by atoms with E-state index in [1.165, 1.54) is 0 Å². The van der Waals surface area contributed by atoms with Gasteiger partial charge in [0.1, 0.15) is 0 Å². The van der Waals surface area contributed by atoms with Crippen molar-refractivity contribution in [2.75, 3.05) is 0 Å². The predicted molar refractivity (Wildman–Crippen MR) is 17.8 cm³/mol. The van der Waals surface area contributed by atoms with Crippen LogP contribution in [0.5, 0.6) is 0 Å². The molecule has 3 nitrogen and oxygen atoms in total. The van der Waals surface area contributed by atoms with Gasteiger partial charge in [0.25, 0.3) is 0 Å². The third-order valence-corrected chi connectivity index (χ3v) is 0. The average molecular weight is 236 g/mol. The zero-order valence-corrected chi connectivity index (χ0v) is 4.83. The van der Waals surface area contributed by atoms with Crippen LogP contribution in [0.15, 0.2) is 0 Å². The van der Waals surface area contributed by atoms with Crippen LogP contribution in [0.25, 0.3) is 0 Å². The van der Waals surface area contributed by atoms with Crippen molar-refractivity contribution in [1.82, 2.24) is 0 Å². The van der Waals surface area contributed by atoms with Crippen LogP contribution in [0, 0.1) is 40.4 Å². The molecule has 0 heterocycles. The van der Waals surface area contributed by atoms with Crippen LogP contribution >= 0.6 is 0 Å². The zero-order valence-electron chi connectivity index (χ0n) is 2.21. The minimum Gasteiger partial charge on any atom is 0 e. The molecule has 0 rings (SSSR count). The maximum Gasteiger partial charge on any atom is 0 e. The van der Waals surface area contributed by atoms with E-state index < -0.39 is 6.16 Å². The summed E-state index contributed by atoms with van der Waals surface area (Å²) in [4.78, 5) is 8.56. The summed E-state index contributed by atoms with van der Waals surface area (Å²) in [6.45, 7) is 0. The van der Waals surface area contributed by atoms with Gasteiger partial charge in [-0.2, -0.15) is 0 Å². The van der Waals surface area contributed by atoms with Crippen molar-refractivity contribution in [3.05, 3.63) is 0 Å². The zero-order chi connectivity index (χ0) is 3.58. The average Bonchev–Trinajstić information content (AvgIpc) is 0.811. The van der Waals surface area contributed by atoms with Gasteiger partial charge < -0.3 is 10.2 Å². The van der Waals surface area contributed by atoms with Crippen molar-refractivity contribution in [2.45, 2.75) is 0 Å². The topological polar surface area (TPSA) is 57.5 Å². The van der Waals surface area contributed by atoms with Crippen LogP contribution in [-0.4, -0.2) is 45.9 Å². The Morgan fingerprint density at radius 1 is 1.33 bits per heavy atom. The van der Waals surface area contributed by atoms with E-state index >= 15 is 0 Å². The van der Waals surface area contributed by atoms with Gasteiger partial charge in [-0.25, -0.2) is 4.79 Å². The third kappa shape index (κ3) is 46.1. The number of carbonyl (C=O) groups is 1. The molecule has 0 aromatic heterocycles. The molecule has 0 unspecified atom stereocenters. The third-order valence-electron chi connectivity index (χ3n) is 0. The van der Waals surface area contributed by atoms with Crippen molar-refractivity contribution in [3.8, 4) is 0 Å². The fourth-order valence-electron chi connectivity index (χ4n) is 0. The van der Waals surface area contributed by atoms with E-state index in [-0.39, 0.29) is 69.9 Å². The van der Waals surface area contributed by atoms with Gasteiger partial charge in [-0.05, 0) is 0 Å². The summed E-state index contributed by atoms with van der Waals surface area (Å²) in [6, 6.07) is 0. The number of hydrogen-bond donors (Lipinski definition) is 2. The smallest absolute Gasteiger partial charge is 0 e. The molecule has 2 N–H and O–H groups in total. The number of carboxylic acid groups (broad SMARTS) is 2. The summed E-state index contributed by atoms with van der Waals surface area (Å²) in [5, 5.41) is 13.9. The largest absolute Gasteiger partial charge is 0 e. The predicted octanol–water partition coefficient (Wildman–Crippen LogP) is -0.426. The van der Waals surface area contributed by atoms with E-state index in [9.17, 15) is 0 Å². The summed E-state index contributed by atoms with van der Waals surface area (Å²) in [5.74, 6) is 0. The molecule has 0 aromatic carbocycles. The Morgan fingerprint density at radius 3 is 1.33 bits per heavy atom.